The van der Waals surface area contributed by atoms with Crippen LogP contribution in [0.25, 0.3) is 0 Å². The predicted octanol–water partition coefficient (Wildman–Crippen LogP) is 1.40. The van der Waals surface area contributed by atoms with E-state index in [2.05, 4.69) is 10.3 Å². The van der Waals surface area contributed by atoms with Crippen molar-refractivity contribution in [2.75, 3.05) is 19.0 Å². The van der Waals surface area contributed by atoms with Gasteiger partial charge in [0.1, 0.15) is 18.1 Å². The second kappa shape index (κ2) is 8.55. The lowest BCUT2D eigenvalue weighted by Gasteiger charge is -2.24. The lowest BCUT2D eigenvalue weighted by Crippen LogP contribution is -2.38. The summed E-state index contributed by atoms with van der Waals surface area (Å²) in [5.74, 6) is -0.800. The van der Waals surface area contributed by atoms with E-state index >= 15 is 0 Å². The molecule has 1 saturated heterocycles. The number of anilines is 1. The Balaban J connectivity index is 1.81. The van der Waals surface area contributed by atoms with Crippen molar-refractivity contribution in [2.24, 2.45) is 0 Å². The third-order valence-corrected chi connectivity index (χ3v) is 4.40. The fourth-order valence-electron chi connectivity index (χ4n) is 3.16. The first-order valence-corrected chi connectivity index (χ1v) is 8.86. The summed E-state index contributed by atoms with van der Waals surface area (Å²) in [5.41, 5.74) is -0.242. The smallest absolute Gasteiger partial charge is 0.411 e. The Bertz CT molecular complexity index is 974. The molecule has 0 spiro atoms. The average molecular weight is 400 g/mol. The van der Waals surface area contributed by atoms with Gasteiger partial charge < -0.3 is 14.8 Å². The van der Waals surface area contributed by atoms with Crippen LogP contribution in [0.1, 0.15) is 29.9 Å². The number of carbonyl (C=O) groups is 3. The number of rotatable bonds is 4. The van der Waals surface area contributed by atoms with Crippen LogP contribution in [0.5, 0.6) is 0 Å². The van der Waals surface area contributed by atoms with Gasteiger partial charge in [0.2, 0.25) is 0 Å². The zero-order chi connectivity index (χ0) is 21.0. The lowest BCUT2D eigenvalue weighted by atomic mass is 10.2. The Kier molecular flexibility index (Phi) is 5.91. The third-order valence-electron chi connectivity index (χ3n) is 4.40. The van der Waals surface area contributed by atoms with E-state index < -0.39 is 35.9 Å². The van der Waals surface area contributed by atoms with Crippen molar-refractivity contribution in [2.45, 2.75) is 25.6 Å². The number of amides is 2. The molecule has 1 fully saturated rings. The fourth-order valence-corrected chi connectivity index (χ4v) is 3.16. The number of carbonyl (C=O) groups excluding carboxylic acids is 3. The molecule has 0 radical (unpaired) electrons. The number of aromatic nitrogens is 2. The minimum Gasteiger partial charge on any atom is -0.461 e. The number of benzene rings is 1. The van der Waals surface area contributed by atoms with Crippen LogP contribution >= 0.6 is 0 Å². The van der Waals surface area contributed by atoms with E-state index in [-0.39, 0.29) is 18.8 Å². The first kappa shape index (κ1) is 20.1. The van der Waals surface area contributed by atoms with Crippen molar-refractivity contribution in [3.63, 3.8) is 0 Å². The quantitative estimate of drug-likeness (QED) is 0.770. The number of nitrogens with zero attached hydrogens (tertiary/aromatic N) is 3. The summed E-state index contributed by atoms with van der Waals surface area (Å²) >= 11 is 0. The maximum atomic E-state index is 12.5. The van der Waals surface area contributed by atoms with Crippen LogP contribution in [-0.4, -0.2) is 52.2 Å². The van der Waals surface area contributed by atoms with Crippen molar-refractivity contribution >= 4 is 23.8 Å². The minimum atomic E-state index is -0.731. The van der Waals surface area contributed by atoms with E-state index in [1.165, 1.54) is 35.8 Å². The fraction of sp³-hybridized carbons (Fsp3) is 0.316. The van der Waals surface area contributed by atoms with Gasteiger partial charge in [-0.3, -0.25) is 19.1 Å². The molecule has 10 heteroatoms. The van der Waals surface area contributed by atoms with Crippen molar-refractivity contribution in [3.8, 4) is 0 Å². The molecule has 1 aromatic carbocycles. The maximum absolute atomic E-state index is 12.5. The monoisotopic (exact) mass is 400 g/mol. The van der Waals surface area contributed by atoms with E-state index in [0.717, 1.165) is 0 Å². The number of ether oxygens (including phenoxy) is 2. The number of esters is 1. The van der Waals surface area contributed by atoms with Crippen molar-refractivity contribution in [1.29, 1.82) is 0 Å². The summed E-state index contributed by atoms with van der Waals surface area (Å²) in [4.78, 5) is 53.2. The zero-order valence-corrected chi connectivity index (χ0v) is 15.9. The predicted molar refractivity (Wildman–Crippen MR) is 101 cm³/mol. The van der Waals surface area contributed by atoms with E-state index in [0.29, 0.717) is 5.56 Å². The normalized spacial score (nSPS) is 18.2. The molecule has 2 amide bonds. The van der Waals surface area contributed by atoms with Crippen LogP contribution in [-0.2, 0) is 14.3 Å². The third kappa shape index (κ3) is 4.60. The standard InChI is InChI=1S/C19H20N4O6/c1-12(24)29-14-10-16(23(11-14)19(27)28-2)22-9-8-15(21-18(22)26)20-17(25)13-6-4-3-5-7-13/h3-9,14,16H,10-11H2,1-2H3,(H,20,21,25,26)/t14-,16+/m1/s1. The Hall–Kier alpha value is -3.69. The molecule has 152 valence electrons. The van der Waals surface area contributed by atoms with Gasteiger partial charge in [-0.1, -0.05) is 18.2 Å². The molecule has 2 aromatic rings. The largest absolute Gasteiger partial charge is 0.461 e. The van der Waals surface area contributed by atoms with Crippen LogP contribution < -0.4 is 11.0 Å². The number of hydrogen-bond acceptors (Lipinski definition) is 7. The molecule has 0 bridgehead atoms. The number of methoxy groups -OCH3 is 1. The van der Waals surface area contributed by atoms with E-state index in [1.54, 1.807) is 30.3 Å². The Morgan fingerprint density at radius 2 is 1.90 bits per heavy atom. The van der Waals surface area contributed by atoms with E-state index in [9.17, 15) is 19.2 Å². The van der Waals surface area contributed by atoms with Gasteiger partial charge in [-0.15, -0.1) is 0 Å². The SMILES string of the molecule is COC(=O)N1C[C@H](OC(C)=O)C[C@H]1n1ccc(NC(=O)c2ccccc2)nc1=O. The molecule has 10 nitrogen and oxygen atoms in total. The summed E-state index contributed by atoms with van der Waals surface area (Å²) < 4.78 is 11.2. The molecule has 3 rings (SSSR count). The molecule has 1 aliphatic heterocycles. The molecule has 1 aromatic heterocycles. The van der Waals surface area contributed by atoms with Crippen LogP contribution in [0, 0.1) is 0 Å². The maximum Gasteiger partial charge on any atom is 0.411 e. The van der Waals surface area contributed by atoms with Gasteiger partial charge in [0.05, 0.1) is 13.7 Å². The number of likely N-dealkylation sites (tertiary alicyclic amines) is 1. The highest BCUT2D eigenvalue weighted by atomic mass is 16.6. The van der Waals surface area contributed by atoms with Gasteiger partial charge in [-0.2, -0.15) is 4.98 Å². The van der Waals surface area contributed by atoms with Crippen LogP contribution in [0.2, 0.25) is 0 Å². The highest BCUT2D eigenvalue weighted by molar-refractivity contribution is 6.03. The van der Waals surface area contributed by atoms with Gasteiger partial charge in [0.15, 0.2) is 0 Å². The summed E-state index contributed by atoms with van der Waals surface area (Å²) in [7, 11) is 1.22. The topological polar surface area (TPSA) is 120 Å². The van der Waals surface area contributed by atoms with Gasteiger partial charge in [0, 0.05) is 25.1 Å². The van der Waals surface area contributed by atoms with Crippen LogP contribution in [0.4, 0.5) is 10.6 Å². The molecular formula is C19H20N4O6. The molecule has 1 N–H and O–H groups in total. The molecule has 0 saturated carbocycles. The van der Waals surface area contributed by atoms with Gasteiger partial charge in [-0.25, -0.2) is 9.59 Å². The van der Waals surface area contributed by atoms with Gasteiger partial charge in [0.25, 0.3) is 5.91 Å². The Morgan fingerprint density at radius 3 is 2.52 bits per heavy atom. The summed E-state index contributed by atoms with van der Waals surface area (Å²) in [6.45, 7) is 1.36. The molecule has 1 aliphatic rings. The highest BCUT2D eigenvalue weighted by Gasteiger charge is 2.39. The van der Waals surface area contributed by atoms with E-state index in [1.807, 2.05) is 0 Å². The summed E-state index contributed by atoms with van der Waals surface area (Å²) in [6, 6.07) is 9.96. The zero-order valence-electron chi connectivity index (χ0n) is 15.9. The Morgan fingerprint density at radius 1 is 1.17 bits per heavy atom. The average Bonchev–Trinajstić information content (AvgIpc) is 3.10. The first-order valence-electron chi connectivity index (χ1n) is 8.86. The molecule has 2 heterocycles. The van der Waals surface area contributed by atoms with E-state index in [4.69, 9.17) is 9.47 Å². The molecule has 29 heavy (non-hydrogen) atoms. The summed E-state index contributed by atoms with van der Waals surface area (Å²) in [5, 5.41) is 2.56. The minimum absolute atomic E-state index is 0.0826. The molecule has 2 atom stereocenters. The number of hydrogen-bond donors (Lipinski definition) is 1. The summed E-state index contributed by atoms with van der Waals surface area (Å²) in [6.07, 6.45) is -0.316. The lowest BCUT2D eigenvalue weighted by molar-refractivity contribution is -0.145. The van der Waals surface area contributed by atoms with Crippen molar-refractivity contribution in [1.82, 2.24) is 14.5 Å². The molecule has 0 aliphatic carbocycles. The van der Waals surface area contributed by atoms with Crippen LogP contribution in [0.3, 0.4) is 0 Å². The molecule has 0 unspecified atom stereocenters. The molecular weight excluding hydrogens is 380 g/mol. The Labute approximate surface area is 166 Å². The van der Waals surface area contributed by atoms with Crippen molar-refractivity contribution < 1.29 is 23.9 Å². The number of nitrogens with one attached hydrogen (secondary N) is 1. The van der Waals surface area contributed by atoms with Gasteiger partial charge >= 0.3 is 17.8 Å². The highest BCUT2D eigenvalue weighted by Crippen LogP contribution is 2.28. The first-order chi connectivity index (χ1) is 13.9. The second-order valence-corrected chi connectivity index (χ2v) is 6.39. The second-order valence-electron chi connectivity index (χ2n) is 6.39. The van der Waals surface area contributed by atoms with Gasteiger partial charge in [-0.05, 0) is 18.2 Å². The van der Waals surface area contributed by atoms with Crippen molar-refractivity contribution in [3.05, 3.63) is 58.6 Å². The van der Waals surface area contributed by atoms with Crippen LogP contribution in [0.15, 0.2) is 47.4 Å².